The van der Waals surface area contributed by atoms with Crippen LogP contribution in [0.4, 0.5) is 0 Å². The number of allylic oxidation sites excluding steroid dienone is 1. The SMILES string of the molecule is C=C1C(=O)[C@]23CC1C[C@H](O)[C@H]2C1(C)C(OC(C)=O)C[C@H](OC(C)=O)C(C)(C)[C@H]1C(O)[C@@H]3OC(C)=O. The van der Waals surface area contributed by atoms with E-state index in [1.165, 1.54) is 20.8 Å². The van der Waals surface area contributed by atoms with E-state index in [0.717, 1.165) is 0 Å². The van der Waals surface area contributed by atoms with Gasteiger partial charge in [-0.05, 0) is 24.3 Å². The molecule has 0 heterocycles. The third-order valence-corrected chi connectivity index (χ3v) is 9.42. The fourth-order valence-corrected chi connectivity index (χ4v) is 8.53. The molecule has 4 rings (SSSR count). The number of carbonyl (C=O) groups is 4. The Kier molecular flexibility index (Phi) is 6.00. The number of aliphatic hydroxyl groups is 2. The van der Waals surface area contributed by atoms with Crippen molar-refractivity contribution in [3.63, 3.8) is 0 Å². The Morgan fingerprint density at radius 1 is 0.886 bits per heavy atom. The van der Waals surface area contributed by atoms with Crippen LogP contribution in [-0.4, -0.2) is 64.4 Å². The van der Waals surface area contributed by atoms with Crippen LogP contribution in [-0.2, 0) is 33.4 Å². The maximum Gasteiger partial charge on any atom is 0.303 e. The summed E-state index contributed by atoms with van der Waals surface area (Å²) in [5, 5.41) is 23.5. The Morgan fingerprint density at radius 3 is 1.97 bits per heavy atom. The first-order valence-electron chi connectivity index (χ1n) is 12.2. The number of carbonyl (C=O) groups excluding carboxylic acids is 4. The Bertz CT molecular complexity index is 985. The Morgan fingerprint density at radius 2 is 1.43 bits per heavy atom. The van der Waals surface area contributed by atoms with Gasteiger partial charge in [-0.25, -0.2) is 0 Å². The highest BCUT2D eigenvalue weighted by Gasteiger charge is 2.79. The summed E-state index contributed by atoms with van der Waals surface area (Å²) in [5.74, 6) is -3.91. The average molecular weight is 493 g/mol. The zero-order valence-corrected chi connectivity index (χ0v) is 21.2. The van der Waals surface area contributed by atoms with Crippen molar-refractivity contribution in [2.45, 2.75) is 91.3 Å². The minimum atomic E-state index is -1.40. The van der Waals surface area contributed by atoms with Crippen LogP contribution >= 0.6 is 0 Å². The van der Waals surface area contributed by atoms with Crippen molar-refractivity contribution < 1.29 is 43.6 Å². The van der Waals surface area contributed by atoms with Crippen molar-refractivity contribution in [3.05, 3.63) is 12.2 Å². The standard InChI is InChI=1S/C26H36O9/c1-11-15-8-16(30)20-25(7)18(34-13(3)28)9-17(33-12(2)27)24(5,6)21(25)19(31)23(35-14(4)29)26(20,10-15)22(11)32/h15-21,23,30-31H,1,8-10H2,2-7H3/t15?,16-,17-,18?,19?,20-,21+,23-,25?,26-/m0/s1. The van der Waals surface area contributed by atoms with Crippen molar-refractivity contribution in [1.29, 1.82) is 0 Å². The van der Waals surface area contributed by atoms with E-state index >= 15 is 0 Å². The molecule has 9 heteroatoms. The number of rotatable bonds is 3. The highest BCUT2D eigenvalue weighted by atomic mass is 16.6. The molecule has 0 aliphatic heterocycles. The van der Waals surface area contributed by atoms with E-state index in [4.69, 9.17) is 14.2 Å². The second-order valence-electron chi connectivity index (χ2n) is 11.7. The van der Waals surface area contributed by atoms with Crippen molar-refractivity contribution in [2.75, 3.05) is 0 Å². The van der Waals surface area contributed by atoms with Crippen molar-refractivity contribution in [1.82, 2.24) is 0 Å². The number of hydrogen-bond donors (Lipinski definition) is 2. The lowest BCUT2D eigenvalue weighted by Gasteiger charge is -2.69. The van der Waals surface area contributed by atoms with Crippen molar-refractivity contribution in [3.8, 4) is 0 Å². The lowest BCUT2D eigenvalue weighted by Crippen LogP contribution is -2.76. The molecule has 4 aliphatic rings. The van der Waals surface area contributed by atoms with Crippen LogP contribution < -0.4 is 0 Å². The van der Waals surface area contributed by atoms with Gasteiger partial charge in [-0.3, -0.25) is 19.2 Å². The summed E-state index contributed by atoms with van der Waals surface area (Å²) in [7, 11) is 0. The minimum Gasteiger partial charge on any atom is -0.462 e. The molecule has 4 aliphatic carbocycles. The second kappa shape index (κ2) is 8.13. The maximum absolute atomic E-state index is 13.9. The second-order valence-corrected chi connectivity index (χ2v) is 11.7. The number of Topliss-reactive ketones (excluding diaryl/α,β-unsaturated/α-hetero) is 1. The van der Waals surface area contributed by atoms with Gasteiger partial charge in [0.1, 0.15) is 18.3 Å². The Hall–Kier alpha value is -2.26. The molecule has 4 unspecified atom stereocenters. The molecule has 10 atom stereocenters. The molecular formula is C26H36O9. The molecular weight excluding hydrogens is 456 g/mol. The molecule has 4 fully saturated rings. The van der Waals surface area contributed by atoms with E-state index in [1.54, 1.807) is 0 Å². The van der Waals surface area contributed by atoms with Gasteiger partial charge in [-0.1, -0.05) is 27.4 Å². The number of esters is 3. The highest BCUT2D eigenvalue weighted by Crippen LogP contribution is 2.72. The molecule has 4 saturated carbocycles. The predicted octanol–water partition coefficient (Wildman–Crippen LogP) is 1.72. The smallest absolute Gasteiger partial charge is 0.303 e. The Balaban J connectivity index is 1.98. The zero-order chi connectivity index (χ0) is 26.2. The number of hydrogen-bond acceptors (Lipinski definition) is 9. The summed E-state index contributed by atoms with van der Waals surface area (Å²) in [4.78, 5) is 50.3. The van der Waals surface area contributed by atoms with Gasteiger partial charge in [0.25, 0.3) is 0 Å². The van der Waals surface area contributed by atoms with Gasteiger partial charge in [0, 0.05) is 49.9 Å². The van der Waals surface area contributed by atoms with Gasteiger partial charge in [-0.2, -0.15) is 0 Å². The first-order valence-corrected chi connectivity index (χ1v) is 12.2. The molecule has 0 aromatic carbocycles. The van der Waals surface area contributed by atoms with Gasteiger partial charge >= 0.3 is 17.9 Å². The molecule has 1 spiro atoms. The lowest BCUT2D eigenvalue weighted by atomic mass is 9.37. The van der Waals surface area contributed by atoms with Gasteiger partial charge < -0.3 is 24.4 Å². The van der Waals surface area contributed by atoms with Crippen LogP contribution in [0.1, 0.15) is 60.8 Å². The van der Waals surface area contributed by atoms with Crippen LogP contribution in [0.2, 0.25) is 0 Å². The quantitative estimate of drug-likeness (QED) is 0.343. The minimum absolute atomic E-state index is 0.141. The van der Waals surface area contributed by atoms with Crippen molar-refractivity contribution in [2.24, 2.45) is 34.0 Å². The number of ketones is 1. The molecule has 194 valence electrons. The molecule has 0 aromatic heterocycles. The summed E-state index contributed by atoms with van der Waals surface area (Å²) in [6, 6.07) is 0. The summed E-state index contributed by atoms with van der Waals surface area (Å²) in [6.45, 7) is 13.3. The van der Waals surface area contributed by atoms with E-state index in [2.05, 4.69) is 6.58 Å². The summed E-state index contributed by atoms with van der Waals surface area (Å²) in [5.41, 5.74) is -3.04. The molecule has 2 bridgehead atoms. The van der Waals surface area contributed by atoms with Crippen LogP contribution in [0.25, 0.3) is 0 Å². The molecule has 35 heavy (non-hydrogen) atoms. The van der Waals surface area contributed by atoms with Gasteiger partial charge in [-0.15, -0.1) is 0 Å². The van der Waals surface area contributed by atoms with Gasteiger partial charge in [0.15, 0.2) is 5.78 Å². The first kappa shape index (κ1) is 25.8. The van der Waals surface area contributed by atoms with Gasteiger partial charge in [0.05, 0.1) is 17.6 Å². The van der Waals surface area contributed by atoms with Crippen LogP contribution in [0, 0.1) is 34.0 Å². The normalized spacial score (nSPS) is 45.7. The van der Waals surface area contributed by atoms with E-state index < -0.39 is 76.5 Å². The third-order valence-electron chi connectivity index (χ3n) is 9.42. The topological polar surface area (TPSA) is 136 Å². The fourth-order valence-electron chi connectivity index (χ4n) is 8.53. The summed E-state index contributed by atoms with van der Waals surface area (Å²) < 4.78 is 17.2. The lowest BCUT2D eigenvalue weighted by molar-refractivity contribution is -0.307. The third kappa shape index (κ3) is 3.41. The molecule has 0 radical (unpaired) electrons. The number of aliphatic hydroxyl groups excluding tert-OH is 2. The highest BCUT2D eigenvalue weighted by molar-refractivity contribution is 6.04. The largest absolute Gasteiger partial charge is 0.462 e. The number of ether oxygens (including phenoxy) is 3. The van der Waals surface area contributed by atoms with E-state index in [-0.39, 0.29) is 24.5 Å². The van der Waals surface area contributed by atoms with E-state index in [9.17, 15) is 29.4 Å². The maximum atomic E-state index is 13.9. The molecule has 0 aromatic rings. The molecule has 0 amide bonds. The average Bonchev–Trinajstić information content (AvgIpc) is 2.89. The zero-order valence-electron chi connectivity index (χ0n) is 21.2. The van der Waals surface area contributed by atoms with E-state index in [1.807, 2.05) is 20.8 Å². The van der Waals surface area contributed by atoms with Gasteiger partial charge in [0.2, 0.25) is 0 Å². The Labute approximate surface area is 205 Å². The van der Waals surface area contributed by atoms with Crippen molar-refractivity contribution >= 4 is 23.7 Å². The number of fused-ring (bicyclic) bond motifs is 3. The summed E-state index contributed by atoms with van der Waals surface area (Å²) >= 11 is 0. The van der Waals surface area contributed by atoms with Crippen LogP contribution in [0.5, 0.6) is 0 Å². The first-order chi connectivity index (χ1) is 16.1. The van der Waals surface area contributed by atoms with Crippen LogP contribution in [0.3, 0.4) is 0 Å². The van der Waals surface area contributed by atoms with E-state index in [0.29, 0.717) is 12.0 Å². The summed E-state index contributed by atoms with van der Waals surface area (Å²) in [6.07, 6.45) is -4.46. The monoisotopic (exact) mass is 492 g/mol. The molecule has 2 N–H and O–H groups in total. The predicted molar refractivity (Wildman–Crippen MR) is 121 cm³/mol. The van der Waals surface area contributed by atoms with Crippen LogP contribution in [0.15, 0.2) is 12.2 Å². The fraction of sp³-hybridized carbons (Fsp3) is 0.769. The molecule has 0 saturated heterocycles. The molecule has 9 nitrogen and oxygen atoms in total.